The van der Waals surface area contributed by atoms with E-state index in [1.165, 1.54) is 24.3 Å². The second kappa shape index (κ2) is 7.52. The first-order valence-corrected chi connectivity index (χ1v) is 7.25. The van der Waals surface area contributed by atoms with Crippen LogP contribution in [0.5, 0.6) is 5.75 Å². The third-order valence-corrected chi connectivity index (χ3v) is 3.46. The van der Waals surface area contributed by atoms with Crippen molar-refractivity contribution < 1.29 is 37.3 Å². The minimum absolute atomic E-state index is 0.260. The smallest absolute Gasteiger partial charge is 0.479 e. The van der Waals surface area contributed by atoms with Gasteiger partial charge in [0.05, 0.1) is 0 Å². The number of carbonyl (C=O) groups is 2. The molecule has 2 rings (SSSR count). The predicted octanol–water partition coefficient (Wildman–Crippen LogP) is 1.88. The lowest BCUT2D eigenvalue weighted by Crippen LogP contribution is -2.36. The Hall–Kier alpha value is -2.29. The van der Waals surface area contributed by atoms with Gasteiger partial charge in [0.2, 0.25) is 5.91 Å². The van der Waals surface area contributed by atoms with Crippen molar-refractivity contribution in [3.8, 4) is 5.75 Å². The van der Waals surface area contributed by atoms with E-state index < -0.39 is 30.4 Å². The number of halogens is 3. The van der Waals surface area contributed by atoms with E-state index in [4.69, 9.17) is 9.84 Å². The fraction of sp³-hybridized carbons (Fsp3) is 0.467. The first kappa shape index (κ1) is 18.1. The van der Waals surface area contributed by atoms with Gasteiger partial charge in [0.25, 0.3) is 0 Å². The molecule has 0 aromatic heterocycles. The summed E-state index contributed by atoms with van der Waals surface area (Å²) >= 11 is 0. The van der Waals surface area contributed by atoms with Gasteiger partial charge in [0.15, 0.2) is 6.10 Å². The number of nitrogens with one attached hydrogen (secondary N) is 1. The van der Waals surface area contributed by atoms with Crippen molar-refractivity contribution in [1.82, 2.24) is 5.32 Å². The quantitative estimate of drug-likeness (QED) is 0.821. The van der Waals surface area contributed by atoms with Crippen molar-refractivity contribution in [3.05, 3.63) is 29.8 Å². The van der Waals surface area contributed by atoms with Gasteiger partial charge >= 0.3 is 12.3 Å². The van der Waals surface area contributed by atoms with E-state index in [0.29, 0.717) is 12.8 Å². The fourth-order valence-corrected chi connectivity index (χ4v) is 2.31. The molecule has 0 spiro atoms. The van der Waals surface area contributed by atoms with E-state index in [9.17, 15) is 22.8 Å². The highest BCUT2D eigenvalue weighted by molar-refractivity contribution is 5.82. The molecule has 0 radical (unpaired) electrons. The SMILES string of the molecule is O=C(NCCc1ccc(OC(F)(F)F)cc1)[C@@H]1CC[C@H](C(=O)O)O1. The summed E-state index contributed by atoms with van der Waals surface area (Å²) in [4.78, 5) is 22.6. The van der Waals surface area contributed by atoms with Gasteiger partial charge in [-0.25, -0.2) is 4.79 Å². The van der Waals surface area contributed by atoms with Gasteiger partial charge in [-0.3, -0.25) is 4.79 Å². The van der Waals surface area contributed by atoms with Crippen molar-refractivity contribution in [1.29, 1.82) is 0 Å². The number of amides is 1. The molecule has 1 heterocycles. The molecule has 1 aliphatic heterocycles. The van der Waals surface area contributed by atoms with Crippen LogP contribution in [0.4, 0.5) is 13.2 Å². The molecule has 6 nitrogen and oxygen atoms in total. The van der Waals surface area contributed by atoms with Crippen LogP contribution in [0.1, 0.15) is 18.4 Å². The number of alkyl halides is 3. The van der Waals surface area contributed by atoms with Crippen LogP contribution in [0.3, 0.4) is 0 Å². The Kier molecular flexibility index (Phi) is 5.66. The predicted molar refractivity (Wildman–Crippen MR) is 75.4 cm³/mol. The molecule has 0 bridgehead atoms. The first-order chi connectivity index (χ1) is 11.2. The number of hydrogen-bond acceptors (Lipinski definition) is 4. The lowest BCUT2D eigenvalue weighted by Gasteiger charge is -2.12. The van der Waals surface area contributed by atoms with E-state index in [-0.39, 0.29) is 18.7 Å². The minimum atomic E-state index is -4.73. The van der Waals surface area contributed by atoms with Gasteiger partial charge in [0.1, 0.15) is 11.9 Å². The number of hydrogen-bond donors (Lipinski definition) is 2. The van der Waals surface area contributed by atoms with Gasteiger partial charge in [0, 0.05) is 6.54 Å². The van der Waals surface area contributed by atoms with Crippen LogP contribution >= 0.6 is 0 Å². The van der Waals surface area contributed by atoms with E-state index in [1.807, 2.05) is 0 Å². The monoisotopic (exact) mass is 347 g/mol. The minimum Gasteiger partial charge on any atom is -0.479 e. The van der Waals surface area contributed by atoms with Crippen molar-refractivity contribution in [2.75, 3.05) is 6.54 Å². The number of ether oxygens (including phenoxy) is 2. The summed E-state index contributed by atoms with van der Waals surface area (Å²) in [5.41, 5.74) is 0.723. The molecule has 24 heavy (non-hydrogen) atoms. The molecule has 1 fully saturated rings. The molecular formula is C15H16F3NO5. The lowest BCUT2D eigenvalue weighted by atomic mass is 10.1. The van der Waals surface area contributed by atoms with E-state index in [2.05, 4.69) is 10.1 Å². The standard InChI is InChI=1S/C15H16F3NO5/c16-15(17,18)24-10-3-1-9(2-4-10)7-8-19-13(20)11-5-6-12(23-11)14(21)22/h1-4,11-12H,5-8H2,(H,19,20)(H,21,22)/t11-,12+/m0/s1. The van der Waals surface area contributed by atoms with E-state index in [1.54, 1.807) is 0 Å². The van der Waals surface area contributed by atoms with Crippen LogP contribution in [0.25, 0.3) is 0 Å². The van der Waals surface area contributed by atoms with Crippen LogP contribution in [0.2, 0.25) is 0 Å². The van der Waals surface area contributed by atoms with Crippen molar-refractivity contribution in [3.63, 3.8) is 0 Å². The maximum Gasteiger partial charge on any atom is 0.573 e. The van der Waals surface area contributed by atoms with Gasteiger partial charge in [-0.2, -0.15) is 0 Å². The maximum atomic E-state index is 12.0. The number of rotatable bonds is 6. The molecule has 0 aliphatic carbocycles. The topological polar surface area (TPSA) is 84.9 Å². The number of carboxylic acid groups (broad SMARTS) is 1. The highest BCUT2D eigenvalue weighted by Gasteiger charge is 2.34. The van der Waals surface area contributed by atoms with Crippen LogP contribution in [0.15, 0.2) is 24.3 Å². The first-order valence-electron chi connectivity index (χ1n) is 7.25. The number of carboxylic acids is 1. The van der Waals surface area contributed by atoms with Gasteiger partial charge in [-0.05, 0) is 37.0 Å². The molecule has 1 amide bonds. The van der Waals surface area contributed by atoms with Crippen LogP contribution in [0, 0.1) is 0 Å². The zero-order valence-corrected chi connectivity index (χ0v) is 12.5. The largest absolute Gasteiger partial charge is 0.573 e. The average Bonchev–Trinajstić information content (AvgIpc) is 2.97. The summed E-state index contributed by atoms with van der Waals surface area (Å²) in [5.74, 6) is -1.79. The van der Waals surface area contributed by atoms with E-state index >= 15 is 0 Å². The zero-order chi connectivity index (χ0) is 17.7. The number of benzene rings is 1. The Morgan fingerprint density at radius 2 is 1.83 bits per heavy atom. The second-order valence-corrected chi connectivity index (χ2v) is 5.26. The molecule has 1 aromatic carbocycles. The molecule has 2 atom stereocenters. The fourth-order valence-electron chi connectivity index (χ4n) is 2.31. The summed E-state index contributed by atoms with van der Waals surface area (Å²) in [6.07, 6.45) is -5.44. The van der Waals surface area contributed by atoms with Crippen molar-refractivity contribution in [2.24, 2.45) is 0 Å². The summed E-state index contributed by atoms with van der Waals surface area (Å²) in [5, 5.41) is 11.4. The van der Waals surface area contributed by atoms with Gasteiger partial charge in [-0.1, -0.05) is 12.1 Å². The Labute approximate surface area is 135 Å². The van der Waals surface area contributed by atoms with Gasteiger partial charge in [-0.15, -0.1) is 13.2 Å². The zero-order valence-electron chi connectivity index (χ0n) is 12.5. The Morgan fingerprint density at radius 3 is 2.38 bits per heavy atom. The molecule has 9 heteroatoms. The highest BCUT2D eigenvalue weighted by atomic mass is 19.4. The van der Waals surface area contributed by atoms with Crippen molar-refractivity contribution >= 4 is 11.9 Å². The Morgan fingerprint density at radius 1 is 1.21 bits per heavy atom. The molecule has 1 aromatic rings. The molecule has 1 aliphatic rings. The molecule has 0 unspecified atom stereocenters. The maximum absolute atomic E-state index is 12.0. The van der Waals surface area contributed by atoms with Crippen LogP contribution in [-0.4, -0.2) is 42.1 Å². The van der Waals surface area contributed by atoms with Crippen molar-refractivity contribution in [2.45, 2.75) is 37.8 Å². The van der Waals surface area contributed by atoms with E-state index in [0.717, 1.165) is 5.56 Å². The number of aliphatic carboxylic acids is 1. The van der Waals surface area contributed by atoms with Crippen LogP contribution in [-0.2, 0) is 20.7 Å². The highest BCUT2D eigenvalue weighted by Crippen LogP contribution is 2.23. The third kappa shape index (κ3) is 5.41. The lowest BCUT2D eigenvalue weighted by molar-refractivity contribution is -0.274. The van der Waals surface area contributed by atoms with Gasteiger partial charge < -0.3 is 19.9 Å². The summed E-state index contributed by atoms with van der Waals surface area (Å²) in [7, 11) is 0. The second-order valence-electron chi connectivity index (χ2n) is 5.26. The summed E-state index contributed by atoms with van der Waals surface area (Å²) < 4.78 is 45.0. The number of carbonyl (C=O) groups excluding carboxylic acids is 1. The normalized spacial score (nSPS) is 20.6. The third-order valence-electron chi connectivity index (χ3n) is 3.46. The molecule has 0 saturated carbocycles. The summed E-state index contributed by atoms with van der Waals surface area (Å²) in [6.45, 7) is 0.260. The average molecular weight is 347 g/mol. The molecular weight excluding hydrogens is 331 g/mol. The molecule has 1 saturated heterocycles. The molecule has 2 N–H and O–H groups in total. The Balaban J connectivity index is 1.74. The summed E-state index contributed by atoms with van der Waals surface area (Å²) in [6, 6.07) is 5.34. The Bertz CT molecular complexity index is 588. The van der Waals surface area contributed by atoms with Crippen LogP contribution < -0.4 is 10.1 Å². The molecule has 132 valence electrons.